The number of thiophene rings is 1. The Hall–Kier alpha value is -1.86. The summed E-state index contributed by atoms with van der Waals surface area (Å²) in [5.41, 5.74) is 2.39. The number of carbonyl (C=O) groups excluding carboxylic acids is 1. The van der Waals surface area contributed by atoms with E-state index >= 15 is 0 Å². The Labute approximate surface area is 165 Å². The van der Waals surface area contributed by atoms with Crippen molar-refractivity contribution >= 4 is 22.2 Å². The molecule has 1 aliphatic rings. The first-order valence-corrected chi connectivity index (χ1v) is 10.6. The monoisotopic (exact) mass is 390 g/mol. The summed E-state index contributed by atoms with van der Waals surface area (Å²) in [6, 6.07) is 2.12. The molecular formula is C20H30N4O2S. The molecule has 27 heavy (non-hydrogen) atoms. The first-order valence-electron chi connectivity index (χ1n) is 9.83. The van der Waals surface area contributed by atoms with Crippen molar-refractivity contribution in [2.45, 2.75) is 46.2 Å². The molecule has 2 aromatic heterocycles. The molecule has 6 nitrogen and oxygen atoms in total. The summed E-state index contributed by atoms with van der Waals surface area (Å²) < 4.78 is 7.17. The third kappa shape index (κ3) is 4.71. The molecule has 3 rings (SSSR count). The average Bonchev–Trinajstić information content (AvgIpc) is 3.28. The molecule has 1 aliphatic heterocycles. The van der Waals surface area contributed by atoms with E-state index < -0.39 is 0 Å². The summed E-state index contributed by atoms with van der Waals surface area (Å²) >= 11 is 1.64. The second kappa shape index (κ2) is 9.37. The predicted octanol–water partition coefficient (Wildman–Crippen LogP) is 3.42. The van der Waals surface area contributed by atoms with Crippen molar-refractivity contribution in [1.82, 2.24) is 14.7 Å². The molecule has 148 valence electrons. The van der Waals surface area contributed by atoms with Crippen LogP contribution >= 0.6 is 11.3 Å². The Morgan fingerprint density at radius 1 is 1.37 bits per heavy atom. The number of aromatic nitrogens is 2. The van der Waals surface area contributed by atoms with E-state index in [1.54, 1.807) is 18.4 Å². The van der Waals surface area contributed by atoms with Gasteiger partial charge in [-0.25, -0.2) is 0 Å². The lowest BCUT2D eigenvalue weighted by Crippen LogP contribution is -2.29. The highest BCUT2D eigenvalue weighted by Crippen LogP contribution is 2.35. The number of anilines is 1. The Morgan fingerprint density at radius 2 is 2.22 bits per heavy atom. The zero-order chi connectivity index (χ0) is 19.2. The molecule has 0 saturated heterocycles. The van der Waals surface area contributed by atoms with E-state index in [9.17, 15) is 4.79 Å². The number of nitrogens with zero attached hydrogens (tertiary/aromatic N) is 4. The molecule has 0 N–H and O–H groups in total. The van der Waals surface area contributed by atoms with Crippen molar-refractivity contribution in [3.05, 3.63) is 34.5 Å². The Bertz CT molecular complexity index is 755. The summed E-state index contributed by atoms with van der Waals surface area (Å²) in [4.78, 5) is 18.3. The molecule has 0 atom stereocenters. The summed E-state index contributed by atoms with van der Waals surface area (Å²) in [7, 11) is 1.74. The topological polar surface area (TPSA) is 50.6 Å². The Balaban J connectivity index is 1.77. The van der Waals surface area contributed by atoms with Crippen LogP contribution in [0, 0.1) is 0 Å². The second-order valence-electron chi connectivity index (χ2n) is 6.90. The fourth-order valence-electron chi connectivity index (χ4n) is 3.47. The highest BCUT2D eigenvalue weighted by atomic mass is 32.1. The van der Waals surface area contributed by atoms with Gasteiger partial charge in [-0.1, -0.05) is 0 Å². The van der Waals surface area contributed by atoms with Gasteiger partial charge in [0, 0.05) is 51.6 Å². The highest BCUT2D eigenvalue weighted by molar-refractivity contribution is 7.18. The lowest BCUT2D eigenvalue weighted by atomic mass is 10.1. The van der Waals surface area contributed by atoms with Crippen molar-refractivity contribution in [1.29, 1.82) is 0 Å². The van der Waals surface area contributed by atoms with Crippen LogP contribution in [0.25, 0.3) is 0 Å². The maximum Gasteiger partial charge on any atom is 0.264 e. The van der Waals surface area contributed by atoms with E-state index in [0.717, 1.165) is 36.5 Å². The first-order chi connectivity index (χ1) is 13.2. The minimum Gasteiger partial charge on any atom is -0.383 e. The first kappa shape index (κ1) is 19.9. The number of fused-ring (bicyclic) bond motifs is 1. The molecule has 3 heterocycles. The lowest BCUT2D eigenvalue weighted by Gasteiger charge is -2.22. The third-order valence-corrected chi connectivity index (χ3v) is 6.25. The van der Waals surface area contributed by atoms with Crippen LogP contribution in [0.4, 0.5) is 5.00 Å². The summed E-state index contributed by atoms with van der Waals surface area (Å²) in [6.45, 7) is 8.86. The van der Waals surface area contributed by atoms with Crippen molar-refractivity contribution < 1.29 is 9.53 Å². The molecule has 0 bridgehead atoms. The fraction of sp³-hybridized carbons (Fsp3) is 0.600. The largest absolute Gasteiger partial charge is 0.383 e. The maximum atomic E-state index is 13.1. The molecule has 0 fully saturated rings. The number of carbonyl (C=O) groups is 1. The molecule has 0 spiro atoms. The van der Waals surface area contributed by atoms with Crippen LogP contribution in [0.3, 0.4) is 0 Å². The molecule has 0 aromatic carbocycles. The highest BCUT2D eigenvalue weighted by Gasteiger charge is 2.24. The molecule has 1 amide bonds. The van der Waals surface area contributed by atoms with Crippen LogP contribution < -0.4 is 4.90 Å². The molecule has 7 heteroatoms. The Morgan fingerprint density at radius 3 is 2.93 bits per heavy atom. The van der Waals surface area contributed by atoms with Crippen molar-refractivity contribution in [2.75, 3.05) is 38.3 Å². The SMILES string of the molecule is CCN(Cc1cnn(CC)c1)C(=O)c1cc2c(s1)N(CCOC)CCCC2. The minimum atomic E-state index is 0.117. The number of ether oxygens (including phenoxy) is 1. The summed E-state index contributed by atoms with van der Waals surface area (Å²) in [6.07, 6.45) is 7.30. The van der Waals surface area contributed by atoms with Crippen LogP contribution in [0.5, 0.6) is 0 Å². The molecule has 0 aliphatic carbocycles. The van der Waals surface area contributed by atoms with Gasteiger partial charge in [0.15, 0.2) is 0 Å². The van der Waals surface area contributed by atoms with Gasteiger partial charge in [0.1, 0.15) is 0 Å². The van der Waals surface area contributed by atoms with Crippen LogP contribution in [0.1, 0.15) is 47.5 Å². The van der Waals surface area contributed by atoms with Gasteiger partial charge in [-0.05, 0) is 44.7 Å². The van der Waals surface area contributed by atoms with E-state index in [-0.39, 0.29) is 5.91 Å². The maximum absolute atomic E-state index is 13.1. The van der Waals surface area contributed by atoms with Crippen molar-refractivity contribution in [2.24, 2.45) is 0 Å². The van der Waals surface area contributed by atoms with Gasteiger partial charge < -0.3 is 14.5 Å². The van der Waals surface area contributed by atoms with E-state index in [2.05, 4.69) is 23.0 Å². The van der Waals surface area contributed by atoms with Crippen LogP contribution in [-0.4, -0.2) is 53.9 Å². The van der Waals surface area contributed by atoms with Gasteiger partial charge >= 0.3 is 0 Å². The van der Waals surface area contributed by atoms with Crippen molar-refractivity contribution in [3.63, 3.8) is 0 Å². The minimum absolute atomic E-state index is 0.117. The standard InChI is InChI=1S/C20H30N4O2S/c1-4-22(14-16-13-21-24(5-2)15-16)19(25)18-12-17-8-6-7-9-23(10-11-26-3)20(17)27-18/h12-13,15H,4-11,14H2,1-3H3. The van der Waals surface area contributed by atoms with Gasteiger partial charge in [-0.15, -0.1) is 11.3 Å². The number of methoxy groups -OCH3 is 1. The predicted molar refractivity (Wildman–Crippen MR) is 110 cm³/mol. The van der Waals surface area contributed by atoms with E-state index in [0.29, 0.717) is 19.7 Å². The second-order valence-corrected chi connectivity index (χ2v) is 7.93. The quantitative estimate of drug-likeness (QED) is 0.693. The van der Waals surface area contributed by atoms with Crippen LogP contribution in [-0.2, 0) is 24.2 Å². The van der Waals surface area contributed by atoms with E-state index in [1.807, 2.05) is 28.9 Å². The van der Waals surface area contributed by atoms with Gasteiger partial charge in [-0.2, -0.15) is 5.10 Å². The zero-order valence-corrected chi connectivity index (χ0v) is 17.4. The zero-order valence-electron chi connectivity index (χ0n) is 16.6. The summed E-state index contributed by atoms with van der Waals surface area (Å²) in [5, 5.41) is 5.57. The van der Waals surface area contributed by atoms with E-state index in [4.69, 9.17) is 4.74 Å². The van der Waals surface area contributed by atoms with Gasteiger partial charge in [0.2, 0.25) is 0 Å². The van der Waals surface area contributed by atoms with Gasteiger partial charge in [0.25, 0.3) is 5.91 Å². The molecule has 0 saturated carbocycles. The van der Waals surface area contributed by atoms with Gasteiger partial charge in [0.05, 0.1) is 22.7 Å². The fourth-order valence-corrected chi connectivity index (χ4v) is 4.70. The van der Waals surface area contributed by atoms with Gasteiger partial charge in [-0.3, -0.25) is 9.48 Å². The number of hydrogen-bond acceptors (Lipinski definition) is 5. The smallest absolute Gasteiger partial charge is 0.264 e. The average molecular weight is 391 g/mol. The Kier molecular flexibility index (Phi) is 6.90. The van der Waals surface area contributed by atoms with E-state index in [1.165, 1.54) is 23.4 Å². The number of rotatable bonds is 8. The van der Waals surface area contributed by atoms with Crippen LogP contribution in [0.15, 0.2) is 18.5 Å². The normalized spacial score (nSPS) is 14.1. The number of amides is 1. The molecule has 0 radical (unpaired) electrons. The molecular weight excluding hydrogens is 360 g/mol. The number of hydrogen-bond donors (Lipinski definition) is 0. The van der Waals surface area contributed by atoms with Crippen molar-refractivity contribution in [3.8, 4) is 0 Å². The third-order valence-electron chi connectivity index (χ3n) is 5.03. The molecule has 0 unspecified atom stereocenters. The lowest BCUT2D eigenvalue weighted by molar-refractivity contribution is 0.0757. The molecule has 2 aromatic rings. The summed E-state index contributed by atoms with van der Waals surface area (Å²) in [5.74, 6) is 0.117. The number of aryl methyl sites for hydroxylation is 2. The van der Waals surface area contributed by atoms with Crippen LogP contribution in [0.2, 0.25) is 0 Å².